The Balaban J connectivity index is 1.95. The van der Waals surface area contributed by atoms with E-state index in [1.54, 1.807) is 0 Å². The molecule has 26 heavy (non-hydrogen) atoms. The molecule has 3 N–H and O–H groups in total. The lowest BCUT2D eigenvalue weighted by Gasteiger charge is -2.14. The molecule has 0 saturated heterocycles. The molecular weight excluding hydrogens is 324 g/mol. The minimum atomic E-state index is -0.00730. The summed E-state index contributed by atoms with van der Waals surface area (Å²) in [5.41, 5.74) is 3.35. The number of hydrogen-bond acceptors (Lipinski definition) is 2. The Morgan fingerprint density at radius 1 is 0.962 bits per heavy atom. The van der Waals surface area contributed by atoms with Crippen LogP contribution in [0.2, 0.25) is 0 Å². The highest BCUT2D eigenvalue weighted by molar-refractivity contribution is 5.93. The zero-order chi connectivity index (χ0) is 18.8. The van der Waals surface area contributed by atoms with Crippen LogP contribution in [0, 0.1) is 12.8 Å². The van der Waals surface area contributed by atoms with Gasteiger partial charge in [-0.05, 0) is 24.6 Å². The smallest absolute Gasteiger partial charge is 0.222 e. The lowest BCUT2D eigenvalue weighted by molar-refractivity contribution is -0.123. The number of aryl methyl sites for hydroxylation is 1. The quantitative estimate of drug-likeness (QED) is 0.407. The second-order valence-corrected chi connectivity index (χ2v) is 6.51. The second kappa shape index (κ2) is 10.2. The number of amides is 1. The molecular formula is C21H28N4O. The Hall–Kier alpha value is -2.82. The molecule has 0 aliphatic carbocycles. The highest BCUT2D eigenvalue weighted by Gasteiger charge is 2.05. The van der Waals surface area contributed by atoms with Crippen molar-refractivity contribution in [2.24, 2.45) is 10.9 Å². The summed E-state index contributed by atoms with van der Waals surface area (Å²) >= 11 is 0. The van der Waals surface area contributed by atoms with Gasteiger partial charge in [0.1, 0.15) is 0 Å². The van der Waals surface area contributed by atoms with Crippen molar-refractivity contribution in [3.63, 3.8) is 0 Å². The molecule has 0 heterocycles. The van der Waals surface area contributed by atoms with Crippen molar-refractivity contribution in [2.45, 2.75) is 27.3 Å². The summed E-state index contributed by atoms with van der Waals surface area (Å²) in [6.07, 6.45) is 0. The van der Waals surface area contributed by atoms with Gasteiger partial charge in [0.2, 0.25) is 5.91 Å². The van der Waals surface area contributed by atoms with Crippen LogP contribution in [0.15, 0.2) is 59.6 Å². The van der Waals surface area contributed by atoms with Crippen molar-refractivity contribution in [1.29, 1.82) is 0 Å². The maximum Gasteiger partial charge on any atom is 0.222 e. The van der Waals surface area contributed by atoms with Crippen LogP contribution in [0.3, 0.4) is 0 Å². The van der Waals surface area contributed by atoms with E-state index >= 15 is 0 Å². The fraction of sp³-hybridized carbons (Fsp3) is 0.333. The largest absolute Gasteiger partial charge is 0.354 e. The fourth-order valence-corrected chi connectivity index (χ4v) is 2.23. The summed E-state index contributed by atoms with van der Waals surface area (Å²) < 4.78 is 0. The summed E-state index contributed by atoms with van der Waals surface area (Å²) in [7, 11) is 0. The molecule has 0 unspecified atom stereocenters. The normalized spacial score (nSPS) is 11.3. The predicted octanol–water partition coefficient (Wildman–Crippen LogP) is 3.32. The molecule has 0 atom stereocenters. The van der Waals surface area contributed by atoms with Gasteiger partial charge in [0, 0.05) is 24.7 Å². The van der Waals surface area contributed by atoms with E-state index in [2.05, 4.69) is 52.1 Å². The van der Waals surface area contributed by atoms with Crippen LogP contribution < -0.4 is 16.0 Å². The highest BCUT2D eigenvalue weighted by atomic mass is 16.1. The van der Waals surface area contributed by atoms with E-state index in [4.69, 9.17) is 0 Å². The fourth-order valence-electron chi connectivity index (χ4n) is 2.23. The molecule has 2 rings (SSSR count). The molecule has 0 aromatic heterocycles. The third-order valence-corrected chi connectivity index (χ3v) is 3.82. The van der Waals surface area contributed by atoms with E-state index in [-0.39, 0.29) is 11.8 Å². The Morgan fingerprint density at radius 3 is 2.27 bits per heavy atom. The molecule has 0 aliphatic heterocycles. The van der Waals surface area contributed by atoms with Gasteiger partial charge in [-0.2, -0.15) is 0 Å². The number of nitrogens with zero attached hydrogens (tertiary/aromatic N) is 1. The zero-order valence-electron chi connectivity index (χ0n) is 15.8. The molecule has 0 radical (unpaired) electrons. The first-order chi connectivity index (χ1) is 12.5. The van der Waals surface area contributed by atoms with Gasteiger partial charge in [0.15, 0.2) is 5.96 Å². The number of aliphatic imine (C=N–C) groups is 1. The monoisotopic (exact) mass is 352 g/mol. The third-order valence-electron chi connectivity index (χ3n) is 3.82. The molecule has 0 saturated carbocycles. The third kappa shape index (κ3) is 6.97. The Bertz CT molecular complexity index is 709. The summed E-state index contributed by atoms with van der Waals surface area (Å²) in [4.78, 5) is 16.3. The first-order valence-corrected chi connectivity index (χ1v) is 8.98. The van der Waals surface area contributed by atoms with Crippen LogP contribution in [-0.4, -0.2) is 25.0 Å². The van der Waals surface area contributed by atoms with Gasteiger partial charge < -0.3 is 16.0 Å². The lowest BCUT2D eigenvalue weighted by Crippen LogP contribution is -2.39. The van der Waals surface area contributed by atoms with Crippen molar-refractivity contribution < 1.29 is 4.79 Å². The molecule has 138 valence electrons. The summed E-state index contributed by atoms with van der Waals surface area (Å²) in [5, 5.41) is 9.46. The van der Waals surface area contributed by atoms with Crippen molar-refractivity contribution in [1.82, 2.24) is 10.6 Å². The average Bonchev–Trinajstić information content (AvgIpc) is 2.64. The van der Waals surface area contributed by atoms with E-state index < -0.39 is 0 Å². The number of benzene rings is 2. The number of rotatable bonds is 7. The first-order valence-electron chi connectivity index (χ1n) is 8.98. The number of carbonyl (C=O) groups is 1. The topological polar surface area (TPSA) is 65.5 Å². The van der Waals surface area contributed by atoms with Crippen molar-refractivity contribution in [3.8, 4) is 0 Å². The van der Waals surface area contributed by atoms with Crippen LogP contribution in [0.5, 0.6) is 0 Å². The van der Waals surface area contributed by atoms with E-state index in [1.807, 2.05) is 44.2 Å². The minimum Gasteiger partial charge on any atom is -0.354 e. The predicted molar refractivity (Wildman–Crippen MR) is 108 cm³/mol. The van der Waals surface area contributed by atoms with Crippen LogP contribution in [0.25, 0.3) is 0 Å². The molecule has 1 amide bonds. The van der Waals surface area contributed by atoms with Crippen LogP contribution >= 0.6 is 0 Å². The molecule has 0 bridgehead atoms. The number of nitrogens with one attached hydrogen (secondary N) is 3. The van der Waals surface area contributed by atoms with Crippen LogP contribution in [0.1, 0.15) is 25.0 Å². The van der Waals surface area contributed by atoms with E-state index in [9.17, 15) is 4.79 Å². The summed E-state index contributed by atoms with van der Waals surface area (Å²) in [5.74, 6) is 0.739. The SMILES string of the molecule is Cc1ccc(CN=C(NCCNC(=O)C(C)C)Nc2ccccc2)cc1. The van der Waals surface area contributed by atoms with Gasteiger partial charge in [-0.25, -0.2) is 4.99 Å². The molecule has 0 spiro atoms. The van der Waals surface area contributed by atoms with Crippen molar-refractivity contribution in [2.75, 3.05) is 18.4 Å². The maximum absolute atomic E-state index is 11.6. The standard InChI is InChI=1S/C21H28N4O/c1-16(2)20(26)22-13-14-23-21(25-19-7-5-4-6-8-19)24-15-18-11-9-17(3)10-12-18/h4-12,16H,13-15H2,1-3H3,(H,22,26)(H2,23,24,25). The summed E-state index contributed by atoms with van der Waals surface area (Å²) in [6.45, 7) is 7.58. The Labute approximate surface area is 155 Å². The second-order valence-electron chi connectivity index (χ2n) is 6.51. The van der Waals surface area contributed by atoms with Gasteiger partial charge in [-0.1, -0.05) is 61.9 Å². The number of para-hydroxylation sites is 1. The molecule has 0 aliphatic rings. The van der Waals surface area contributed by atoms with Crippen molar-refractivity contribution in [3.05, 3.63) is 65.7 Å². The van der Waals surface area contributed by atoms with Crippen LogP contribution in [-0.2, 0) is 11.3 Å². The Morgan fingerprint density at radius 2 is 1.62 bits per heavy atom. The molecule has 2 aromatic rings. The van der Waals surface area contributed by atoms with Gasteiger partial charge in [-0.15, -0.1) is 0 Å². The van der Waals surface area contributed by atoms with Gasteiger partial charge in [-0.3, -0.25) is 4.79 Å². The van der Waals surface area contributed by atoms with Gasteiger partial charge >= 0.3 is 0 Å². The number of hydrogen-bond donors (Lipinski definition) is 3. The van der Waals surface area contributed by atoms with Crippen LogP contribution in [0.4, 0.5) is 5.69 Å². The summed E-state index contributed by atoms with van der Waals surface area (Å²) in [6, 6.07) is 18.2. The number of carbonyl (C=O) groups excluding carboxylic acids is 1. The highest BCUT2D eigenvalue weighted by Crippen LogP contribution is 2.07. The van der Waals surface area contributed by atoms with E-state index in [0.717, 1.165) is 11.3 Å². The van der Waals surface area contributed by atoms with E-state index in [1.165, 1.54) is 5.56 Å². The van der Waals surface area contributed by atoms with Gasteiger partial charge in [0.05, 0.1) is 6.54 Å². The molecule has 5 nitrogen and oxygen atoms in total. The molecule has 0 fully saturated rings. The number of anilines is 1. The van der Waals surface area contributed by atoms with Crippen molar-refractivity contribution >= 4 is 17.6 Å². The first kappa shape index (κ1) is 19.5. The lowest BCUT2D eigenvalue weighted by atomic mass is 10.1. The molecule has 2 aromatic carbocycles. The van der Waals surface area contributed by atoms with Gasteiger partial charge in [0.25, 0.3) is 0 Å². The van der Waals surface area contributed by atoms with E-state index in [0.29, 0.717) is 25.6 Å². The maximum atomic E-state index is 11.6. The molecule has 5 heteroatoms. The average molecular weight is 352 g/mol. The minimum absolute atomic E-state index is 0.00730. The zero-order valence-corrected chi connectivity index (χ0v) is 15.8. The Kier molecular flexibility index (Phi) is 7.68. The number of guanidine groups is 1.